The van der Waals surface area contributed by atoms with E-state index in [4.69, 9.17) is 16.9 Å². The maximum absolute atomic E-state index is 11.4. The molecule has 0 bridgehead atoms. The lowest BCUT2D eigenvalue weighted by atomic mass is 9.88. The van der Waals surface area contributed by atoms with E-state index >= 15 is 0 Å². The molecule has 19 heavy (non-hydrogen) atoms. The standard InChI is InChI=1S/C15H18N2O2/c1-2-8-17-15(18)10-19-12-7-6-11-4-3-5-14(16)13(11)9-12/h1,6-7,9,14H,3-5,8,10,16H2,(H,17,18)/t14-/m1/s1. The molecule has 4 nitrogen and oxygen atoms in total. The average Bonchev–Trinajstić information content (AvgIpc) is 2.43. The fourth-order valence-corrected chi connectivity index (χ4v) is 2.25. The van der Waals surface area contributed by atoms with Crippen LogP contribution in [0, 0.1) is 12.3 Å². The summed E-state index contributed by atoms with van der Waals surface area (Å²) < 4.78 is 5.44. The molecule has 0 saturated carbocycles. The zero-order chi connectivity index (χ0) is 13.7. The average molecular weight is 258 g/mol. The van der Waals surface area contributed by atoms with Gasteiger partial charge in [-0.3, -0.25) is 4.79 Å². The molecule has 0 radical (unpaired) electrons. The Morgan fingerprint density at radius 2 is 2.42 bits per heavy atom. The topological polar surface area (TPSA) is 64.3 Å². The molecule has 1 atom stereocenters. The number of terminal acetylenes is 1. The van der Waals surface area contributed by atoms with E-state index in [9.17, 15) is 4.79 Å². The molecular formula is C15H18N2O2. The molecule has 3 N–H and O–H groups in total. The molecule has 0 heterocycles. The number of nitrogens with one attached hydrogen (secondary N) is 1. The van der Waals surface area contributed by atoms with E-state index in [0.717, 1.165) is 24.8 Å². The highest BCUT2D eigenvalue weighted by atomic mass is 16.5. The smallest absolute Gasteiger partial charge is 0.258 e. The van der Waals surface area contributed by atoms with Gasteiger partial charge in [0.1, 0.15) is 5.75 Å². The maximum Gasteiger partial charge on any atom is 0.258 e. The van der Waals surface area contributed by atoms with E-state index in [0.29, 0.717) is 5.75 Å². The van der Waals surface area contributed by atoms with Crippen molar-refractivity contribution in [1.82, 2.24) is 5.32 Å². The molecule has 1 aliphatic carbocycles. The number of ether oxygens (including phenoxy) is 1. The Labute approximate surface area is 113 Å². The number of hydrogen-bond acceptors (Lipinski definition) is 3. The van der Waals surface area contributed by atoms with E-state index in [-0.39, 0.29) is 25.1 Å². The van der Waals surface area contributed by atoms with Crippen molar-refractivity contribution in [3.8, 4) is 18.1 Å². The second-order valence-electron chi connectivity index (χ2n) is 4.63. The van der Waals surface area contributed by atoms with Crippen LogP contribution in [0.1, 0.15) is 30.0 Å². The molecule has 100 valence electrons. The quantitative estimate of drug-likeness (QED) is 0.796. The summed E-state index contributed by atoms with van der Waals surface area (Å²) in [5.41, 5.74) is 8.49. The minimum atomic E-state index is -0.222. The van der Waals surface area contributed by atoms with Gasteiger partial charge in [0, 0.05) is 6.04 Å². The van der Waals surface area contributed by atoms with Gasteiger partial charge in [0.15, 0.2) is 6.61 Å². The van der Waals surface area contributed by atoms with Crippen LogP contribution in [0.3, 0.4) is 0 Å². The Bertz CT molecular complexity index is 505. The van der Waals surface area contributed by atoms with E-state index < -0.39 is 0 Å². The van der Waals surface area contributed by atoms with Gasteiger partial charge in [0.2, 0.25) is 0 Å². The number of amides is 1. The second kappa shape index (κ2) is 6.26. The summed E-state index contributed by atoms with van der Waals surface area (Å²) >= 11 is 0. The first-order chi connectivity index (χ1) is 9.20. The Hall–Kier alpha value is -1.99. The lowest BCUT2D eigenvalue weighted by Gasteiger charge is -2.22. The molecule has 1 amide bonds. The van der Waals surface area contributed by atoms with Gasteiger partial charge < -0.3 is 15.8 Å². The van der Waals surface area contributed by atoms with Crippen LogP contribution in [0.25, 0.3) is 0 Å². The van der Waals surface area contributed by atoms with Crippen LogP contribution in [0.4, 0.5) is 0 Å². The van der Waals surface area contributed by atoms with Gasteiger partial charge in [0.05, 0.1) is 6.54 Å². The van der Waals surface area contributed by atoms with Crippen molar-refractivity contribution in [2.45, 2.75) is 25.3 Å². The largest absolute Gasteiger partial charge is 0.484 e. The number of hydrogen-bond donors (Lipinski definition) is 2. The molecule has 1 aromatic rings. The third-order valence-electron chi connectivity index (χ3n) is 3.24. The van der Waals surface area contributed by atoms with E-state index in [1.54, 1.807) is 0 Å². The lowest BCUT2D eigenvalue weighted by Crippen LogP contribution is -2.29. The number of rotatable bonds is 4. The molecule has 2 rings (SSSR count). The van der Waals surface area contributed by atoms with E-state index in [2.05, 4.69) is 11.2 Å². The number of carbonyl (C=O) groups excluding carboxylic acids is 1. The zero-order valence-corrected chi connectivity index (χ0v) is 10.8. The number of aryl methyl sites for hydroxylation is 1. The van der Waals surface area contributed by atoms with Crippen molar-refractivity contribution in [1.29, 1.82) is 0 Å². The van der Waals surface area contributed by atoms with Gasteiger partial charge in [-0.2, -0.15) is 0 Å². The number of benzene rings is 1. The first kappa shape index (κ1) is 13.4. The first-order valence-electron chi connectivity index (χ1n) is 6.42. The predicted molar refractivity (Wildman–Crippen MR) is 73.6 cm³/mol. The molecule has 0 fully saturated rings. The summed E-state index contributed by atoms with van der Waals surface area (Å²) in [6, 6.07) is 5.92. The van der Waals surface area contributed by atoms with Gasteiger partial charge in [-0.15, -0.1) is 6.42 Å². The van der Waals surface area contributed by atoms with Gasteiger partial charge in [-0.25, -0.2) is 0 Å². The van der Waals surface area contributed by atoms with Crippen LogP contribution < -0.4 is 15.8 Å². The summed E-state index contributed by atoms with van der Waals surface area (Å²) in [4.78, 5) is 11.4. The molecular weight excluding hydrogens is 240 g/mol. The molecule has 0 spiro atoms. The van der Waals surface area contributed by atoms with Gasteiger partial charge in [0.25, 0.3) is 5.91 Å². The monoisotopic (exact) mass is 258 g/mol. The zero-order valence-electron chi connectivity index (χ0n) is 10.8. The first-order valence-corrected chi connectivity index (χ1v) is 6.42. The van der Waals surface area contributed by atoms with Gasteiger partial charge in [-0.1, -0.05) is 12.0 Å². The molecule has 0 aliphatic heterocycles. The minimum Gasteiger partial charge on any atom is -0.484 e. The van der Waals surface area contributed by atoms with Crippen LogP contribution in [0.15, 0.2) is 18.2 Å². The predicted octanol–water partition coefficient (Wildman–Crippen LogP) is 1.15. The SMILES string of the molecule is C#CCNC(=O)COc1ccc2c(c1)[C@H](N)CCC2. The molecule has 1 aliphatic rings. The van der Waals surface area contributed by atoms with Crippen molar-refractivity contribution in [3.05, 3.63) is 29.3 Å². The molecule has 0 aromatic heterocycles. The summed E-state index contributed by atoms with van der Waals surface area (Å²) in [6.07, 6.45) is 8.24. The third-order valence-corrected chi connectivity index (χ3v) is 3.24. The van der Waals surface area contributed by atoms with Crippen LogP contribution in [-0.2, 0) is 11.2 Å². The Morgan fingerprint density at radius 1 is 1.58 bits per heavy atom. The van der Waals surface area contributed by atoms with Crippen molar-refractivity contribution >= 4 is 5.91 Å². The number of nitrogens with two attached hydrogens (primary N) is 1. The van der Waals surface area contributed by atoms with Crippen molar-refractivity contribution in [2.75, 3.05) is 13.2 Å². The molecule has 1 aromatic carbocycles. The highest BCUT2D eigenvalue weighted by Crippen LogP contribution is 2.30. The number of fused-ring (bicyclic) bond motifs is 1. The highest BCUT2D eigenvalue weighted by Gasteiger charge is 2.17. The summed E-state index contributed by atoms with van der Waals surface area (Å²) in [5, 5.41) is 2.55. The third kappa shape index (κ3) is 3.49. The highest BCUT2D eigenvalue weighted by molar-refractivity contribution is 5.77. The van der Waals surface area contributed by atoms with Crippen LogP contribution >= 0.6 is 0 Å². The molecule has 0 saturated heterocycles. The Balaban J connectivity index is 1.97. The fourth-order valence-electron chi connectivity index (χ4n) is 2.25. The van der Waals surface area contributed by atoms with E-state index in [1.165, 1.54) is 5.56 Å². The number of carbonyl (C=O) groups is 1. The molecule has 0 unspecified atom stereocenters. The fraction of sp³-hybridized carbons (Fsp3) is 0.400. The lowest BCUT2D eigenvalue weighted by molar-refractivity contribution is -0.122. The van der Waals surface area contributed by atoms with Gasteiger partial charge >= 0.3 is 0 Å². The van der Waals surface area contributed by atoms with Crippen molar-refractivity contribution in [3.63, 3.8) is 0 Å². The Kier molecular flexibility index (Phi) is 4.43. The van der Waals surface area contributed by atoms with Crippen molar-refractivity contribution < 1.29 is 9.53 Å². The summed E-state index contributed by atoms with van der Waals surface area (Å²) in [5.74, 6) is 2.79. The summed E-state index contributed by atoms with van der Waals surface area (Å²) in [7, 11) is 0. The van der Waals surface area contributed by atoms with Crippen LogP contribution in [0.2, 0.25) is 0 Å². The van der Waals surface area contributed by atoms with Crippen molar-refractivity contribution in [2.24, 2.45) is 5.73 Å². The summed E-state index contributed by atoms with van der Waals surface area (Å²) in [6.45, 7) is 0.187. The Morgan fingerprint density at radius 3 is 3.21 bits per heavy atom. The minimum absolute atomic E-state index is 0.0320. The molecule has 4 heteroatoms. The normalized spacial score (nSPS) is 17.2. The van der Waals surface area contributed by atoms with Crippen LogP contribution in [-0.4, -0.2) is 19.1 Å². The van der Waals surface area contributed by atoms with Gasteiger partial charge in [-0.05, 0) is 42.5 Å². The maximum atomic E-state index is 11.4. The van der Waals surface area contributed by atoms with Crippen LogP contribution in [0.5, 0.6) is 5.75 Å². The second-order valence-corrected chi connectivity index (χ2v) is 4.63. The van der Waals surface area contributed by atoms with E-state index in [1.807, 2.05) is 18.2 Å².